The molecule has 5 nitrogen and oxygen atoms in total. The van der Waals surface area contributed by atoms with Crippen molar-refractivity contribution >= 4 is 52.3 Å². The number of para-hydroxylation sites is 1. The quantitative estimate of drug-likeness (QED) is 0.632. The van der Waals surface area contributed by atoms with Crippen LogP contribution in [0.2, 0.25) is 0 Å². The average molecular weight is 388 g/mol. The van der Waals surface area contributed by atoms with Crippen molar-refractivity contribution in [1.29, 1.82) is 0 Å². The Morgan fingerprint density at radius 2 is 1.96 bits per heavy atom. The molecule has 2 heterocycles. The summed E-state index contributed by atoms with van der Waals surface area (Å²) in [4.78, 5) is 16.5. The molecular formula is C16H19Cl2N3O2S. The average Bonchev–Trinajstić information content (AvgIpc) is 3.17. The first-order valence-electron chi connectivity index (χ1n) is 7.16. The maximum atomic E-state index is 12.0. The highest BCUT2D eigenvalue weighted by molar-refractivity contribution is 7.21. The largest absolute Gasteiger partial charge is 0.448 e. The lowest BCUT2D eigenvalue weighted by molar-refractivity contribution is 0.0926. The monoisotopic (exact) mass is 387 g/mol. The van der Waals surface area contributed by atoms with Gasteiger partial charge < -0.3 is 15.1 Å². The van der Waals surface area contributed by atoms with E-state index in [1.165, 1.54) is 0 Å². The Kier molecular flexibility index (Phi) is 8.21. The minimum Gasteiger partial charge on any atom is -0.448 e. The maximum absolute atomic E-state index is 12.0. The molecule has 8 heteroatoms. The number of carbonyl (C=O) groups excluding carboxylic acids is 1. The van der Waals surface area contributed by atoms with Gasteiger partial charge in [-0.2, -0.15) is 0 Å². The minimum atomic E-state index is -0.191. The van der Waals surface area contributed by atoms with Crippen LogP contribution in [-0.4, -0.2) is 31.0 Å². The molecule has 2 N–H and O–H groups in total. The number of aromatic nitrogens is 1. The van der Waals surface area contributed by atoms with Crippen molar-refractivity contribution in [3.8, 4) is 10.8 Å². The second kappa shape index (κ2) is 9.64. The van der Waals surface area contributed by atoms with Gasteiger partial charge in [0.05, 0.1) is 10.2 Å². The molecule has 1 aromatic carbocycles. The summed E-state index contributed by atoms with van der Waals surface area (Å²) in [5.74, 6) is 0.753. The number of furan rings is 1. The number of hydrogen-bond acceptors (Lipinski definition) is 5. The predicted octanol–water partition coefficient (Wildman–Crippen LogP) is 3.74. The highest BCUT2D eigenvalue weighted by Crippen LogP contribution is 2.30. The number of carbonyl (C=O) groups is 1. The van der Waals surface area contributed by atoms with Crippen molar-refractivity contribution in [3.05, 3.63) is 42.2 Å². The van der Waals surface area contributed by atoms with Crippen LogP contribution in [0.15, 0.2) is 40.8 Å². The molecule has 24 heavy (non-hydrogen) atoms. The van der Waals surface area contributed by atoms with Gasteiger partial charge in [0.25, 0.3) is 5.91 Å². The van der Waals surface area contributed by atoms with Crippen LogP contribution in [-0.2, 0) is 0 Å². The molecule has 0 spiro atoms. The van der Waals surface area contributed by atoms with Crippen molar-refractivity contribution in [1.82, 2.24) is 15.6 Å². The van der Waals surface area contributed by atoms with Crippen LogP contribution in [0.3, 0.4) is 0 Å². The molecule has 0 aliphatic carbocycles. The first-order valence-corrected chi connectivity index (χ1v) is 7.98. The summed E-state index contributed by atoms with van der Waals surface area (Å²) in [6.07, 6.45) is 0.883. The summed E-state index contributed by atoms with van der Waals surface area (Å²) < 4.78 is 6.74. The normalized spacial score (nSPS) is 10.0. The fraction of sp³-hybridized carbons (Fsp3) is 0.250. The Morgan fingerprint density at radius 1 is 1.17 bits per heavy atom. The molecule has 0 saturated heterocycles. The zero-order valence-electron chi connectivity index (χ0n) is 13.1. The number of hydrogen-bond donors (Lipinski definition) is 2. The summed E-state index contributed by atoms with van der Waals surface area (Å²) >= 11 is 1.56. The maximum Gasteiger partial charge on any atom is 0.287 e. The van der Waals surface area contributed by atoms with Crippen LogP contribution in [0.25, 0.3) is 21.0 Å². The molecule has 0 unspecified atom stereocenters. The van der Waals surface area contributed by atoms with Gasteiger partial charge in [0.1, 0.15) is 0 Å². The number of nitrogens with zero attached hydrogens (tertiary/aromatic N) is 1. The van der Waals surface area contributed by atoms with E-state index in [1.807, 2.05) is 31.3 Å². The van der Waals surface area contributed by atoms with E-state index in [9.17, 15) is 4.79 Å². The molecule has 0 radical (unpaired) electrons. The SMILES string of the molecule is CNCCCNC(=O)c1ccc(-c2nc3ccccc3s2)o1.Cl.Cl. The van der Waals surface area contributed by atoms with E-state index in [0.29, 0.717) is 18.1 Å². The van der Waals surface area contributed by atoms with Gasteiger partial charge in [-0.3, -0.25) is 4.79 Å². The van der Waals surface area contributed by atoms with Gasteiger partial charge in [-0.05, 0) is 44.3 Å². The minimum absolute atomic E-state index is 0. The van der Waals surface area contributed by atoms with Crippen molar-refractivity contribution in [2.24, 2.45) is 0 Å². The Labute approximate surface area is 156 Å². The zero-order chi connectivity index (χ0) is 15.4. The Bertz CT molecular complexity index is 755. The molecule has 0 saturated carbocycles. The molecule has 0 aliphatic rings. The highest BCUT2D eigenvalue weighted by atomic mass is 35.5. The third-order valence-electron chi connectivity index (χ3n) is 3.22. The van der Waals surface area contributed by atoms with Crippen molar-refractivity contribution in [3.63, 3.8) is 0 Å². The summed E-state index contributed by atoms with van der Waals surface area (Å²) in [6.45, 7) is 1.49. The lowest BCUT2D eigenvalue weighted by atomic mass is 10.3. The summed E-state index contributed by atoms with van der Waals surface area (Å²) in [6, 6.07) is 11.4. The first-order chi connectivity index (χ1) is 10.8. The fourth-order valence-corrected chi connectivity index (χ4v) is 3.03. The zero-order valence-corrected chi connectivity index (χ0v) is 15.5. The van der Waals surface area contributed by atoms with Crippen LogP contribution in [0, 0.1) is 0 Å². The van der Waals surface area contributed by atoms with Crippen molar-refractivity contribution in [2.45, 2.75) is 6.42 Å². The van der Waals surface area contributed by atoms with Crippen molar-refractivity contribution in [2.75, 3.05) is 20.1 Å². The second-order valence-corrected chi connectivity index (χ2v) is 5.89. The van der Waals surface area contributed by atoms with E-state index in [2.05, 4.69) is 15.6 Å². The van der Waals surface area contributed by atoms with Gasteiger partial charge in [-0.25, -0.2) is 4.98 Å². The molecule has 2 aromatic heterocycles. The number of amides is 1. The fourth-order valence-electron chi connectivity index (χ4n) is 2.11. The molecule has 0 atom stereocenters. The topological polar surface area (TPSA) is 67.2 Å². The molecule has 1 amide bonds. The summed E-state index contributed by atoms with van der Waals surface area (Å²) in [5.41, 5.74) is 0.942. The molecule has 0 aliphatic heterocycles. The Morgan fingerprint density at radius 3 is 2.71 bits per heavy atom. The molecule has 0 fully saturated rings. The van der Waals surface area contributed by atoms with E-state index in [1.54, 1.807) is 23.5 Å². The highest BCUT2D eigenvalue weighted by Gasteiger charge is 2.14. The van der Waals surface area contributed by atoms with Gasteiger partial charge in [-0.1, -0.05) is 12.1 Å². The van der Waals surface area contributed by atoms with Crippen LogP contribution >= 0.6 is 36.2 Å². The van der Waals surface area contributed by atoms with Gasteiger partial charge in [0.15, 0.2) is 16.5 Å². The molecule has 130 valence electrons. The number of rotatable bonds is 6. The van der Waals surface area contributed by atoms with Gasteiger partial charge in [0, 0.05) is 6.54 Å². The van der Waals surface area contributed by atoms with Crippen LogP contribution in [0.5, 0.6) is 0 Å². The van der Waals surface area contributed by atoms with E-state index < -0.39 is 0 Å². The summed E-state index contributed by atoms with van der Waals surface area (Å²) in [5, 5.41) is 6.66. The molecule has 3 rings (SSSR count). The van der Waals surface area contributed by atoms with Crippen LogP contribution in [0.4, 0.5) is 0 Å². The van der Waals surface area contributed by atoms with E-state index in [4.69, 9.17) is 4.42 Å². The van der Waals surface area contributed by atoms with Crippen LogP contribution in [0.1, 0.15) is 17.0 Å². The number of halogens is 2. The third kappa shape index (κ3) is 4.70. The van der Waals surface area contributed by atoms with Gasteiger partial charge in [0.2, 0.25) is 0 Å². The number of fused-ring (bicyclic) bond motifs is 1. The molecular weight excluding hydrogens is 369 g/mol. The van der Waals surface area contributed by atoms with Gasteiger partial charge in [-0.15, -0.1) is 36.2 Å². The molecule has 0 bridgehead atoms. The van der Waals surface area contributed by atoms with Crippen molar-refractivity contribution < 1.29 is 9.21 Å². The predicted molar refractivity (Wildman–Crippen MR) is 103 cm³/mol. The van der Waals surface area contributed by atoms with Gasteiger partial charge >= 0.3 is 0 Å². The van der Waals surface area contributed by atoms with E-state index in [-0.39, 0.29) is 30.7 Å². The number of thiazole rings is 1. The standard InChI is InChI=1S/C16H17N3O2S.2ClH/c1-17-9-4-10-18-15(20)12-7-8-13(21-12)16-19-11-5-2-3-6-14(11)22-16;;/h2-3,5-8,17H,4,9-10H2,1H3,(H,18,20);2*1H. The molecule has 3 aromatic rings. The summed E-state index contributed by atoms with van der Waals surface area (Å²) in [7, 11) is 1.89. The van der Waals surface area contributed by atoms with E-state index >= 15 is 0 Å². The third-order valence-corrected chi connectivity index (χ3v) is 4.27. The lowest BCUT2D eigenvalue weighted by Gasteiger charge is -2.02. The van der Waals surface area contributed by atoms with Crippen LogP contribution < -0.4 is 10.6 Å². The Hall–Kier alpha value is -1.60. The second-order valence-electron chi connectivity index (χ2n) is 4.86. The van der Waals surface area contributed by atoms with E-state index in [0.717, 1.165) is 28.2 Å². The lowest BCUT2D eigenvalue weighted by Crippen LogP contribution is -2.26. The smallest absolute Gasteiger partial charge is 0.287 e. The Balaban J connectivity index is 0.00000144. The number of benzene rings is 1. The number of nitrogens with one attached hydrogen (secondary N) is 2. The first kappa shape index (κ1) is 20.4.